The molecule has 63 heavy (non-hydrogen) atoms. The molecule has 0 saturated heterocycles. The Morgan fingerprint density at radius 2 is 1.17 bits per heavy atom. The predicted molar refractivity (Wildman–Crippen MR) is 236 cm³/mol. The van der Waals surface area contributed by atoms with Crippen LogP contribution in [0.15, 0.2) is 127 Å². The summed E-state index contributed by atoms with van der Waals surface area (Å²) in [4.78, 5) is 95.7. The van der Waals surface area contributed by atoms with Gasteiger partial charge in [0, 0.05) is 49.1 Å². The lowest BCUT2D eigenvalue weighted by atomic mass is 9.99. The molecule has 5 atom stereocenters. The molecule has 326 valence electrons. The molecule has 4 aromatic carbocycles. The summed E-state index contributed by atoms with van der Waals surface area (Å²) in [6.07, 6.45) is -0.581. The smallest absolute Gasteiger partial charge is 0.328 e. The number of hydrogen-bond donors (Lipinski definition) is 8. The van der Waals surface area contributed by atoms with Gasteiger partial charge in [-0.15, -0.1) is 11.3 Å². The Morgan fingerprint density at radius 1 is 0.619 bits per heavy atom. The SMILES string of the molecule is O=C1CCC(=O)N[C@H](Cc2cccs2)C(=O)N[C@@H](Cc2ccc(-c3ccccc3)cc2)C(=O)N[C@H](Cc2ccccc2)C(=O)N[C@@H](C(=O)N[C@@H](CO)C(=O)O)Cc2ccc(cc2)N1. The Morgan fingerprint density at radius 3 is 1.76 bits per heavy atom. The van der Waals surface area contributed by atoms with Crippen LogP contribution >= 0.6 is 11.3 Å². The zero-order valence-electron chi connectivity index (χ0n) is 34.1. The van der Waals surface area contributed by atoms with E-state index in [0.29, 0.717) is 22.4 Å². The van der Waals surface area contributed by atoms with Gasteiger partial charge in [-0.05, 0) is 51.4 Å². The van der Waals surface area contributed by atoms with Gasteiger partial charge in [0.2, 0.25) is 35.4 Å². The molecule has 7 rings (SSSR count). The first kappa shape index (κ1) is 45.4. The van der Waals surface area contributed by atoms with Gasteiger partial charge in [0.05, 0.1) is 6.61 Å². The molecule has 1 aromatic heterocycles. The summed E-state index contributed by atoms with van der Waals surface area (Å²) in [6.45, 7) is -0.916. The van der Waals surface area contributed by atoms with Gasteiger partial charge in [-0.25, -0.2) is 4.79 Å². The number of thiophene rings is 1. The molecule has 2 aliphatic heterocycles. The first-order chi connectivity index (χ1) is 30.4. The van der Waals surface area contributed by atoms with Gasteiger partial charge in [-0.2, -0.15) is 0 Å². The van der Waals surface area contributed by atoms with Crippen LogP contribution in [0, 0.1) is 0 Å². The van der Waals surface area contributed by atoms with Crippen LogP contribution in [0.4, 0.5) is 5.69 Å². The molecule has 0 saturated carbocycles. The topological polar surface area (TPSA) is 232 Å². The van der Waals surface area contributed by atoms with Crippen molar-refractivity contribution in [3.05, 3.63) is 148 Å². The lowest BCUT2D eigenvalue weighted by Crippen LogP contribution is -2.60. The third kappa shape index (κ3) is 13.4. The lowest BCUT2D eigenvalue weighted by Gasteiger charge is -2.27. The maximum Gasteiger partial charge on any atom is 0.328 e. The summed E-state index contributed by atoms with van der Waals surface area (Å²) in [5.74, 6) is -5.65. The fourth-order valence-corrected chi connectivity index (χ4v) is 7.72. The Bertz CT molecular complexity index is 2360. The molecule has 6 amide bonds. The van der Waals surface area contributed by atoms with Gasteiger partial charge in [-0.1, -0.05) is 103 Å². The molecular weight excluding hydrogens is 825 g/mol. The molecule has 3 heterocycles. The molecule has 2 aliphatic rings. The fourth-order valence-electron chi connectivity index (χ4n) is 6.97. The number of amides is 6. The number of benzene rings is 4. The molecule has 5 aromatic rings. The van der Waals surface area contributed by atoms with Crippen LogP contribution in [0.1, 0.15) is 34.4 Å². The van der Waals surface area contributed by atoms with Crippen LogP contribution in [0.2, 0.25) is 0 Å². The Hall–Kier alpha value is -7.17. The Labute approximate surface area is 367 Å². The molecule has 0 unspecified atom stereocenters. The second kappa shape index (κ2) is 22.1. The van der Waals surface area contributed by atoms with Crippen LogP contribution in [0.5, 0.6) is 0 Å². The Balaban J connectivity index is 1.37. The number of hydrogen-bond acceptors (Lipinski definition) is 9. The monoisotopic (exact) mass is 872 g/mol. The quantitative estimate of drug-likeness (QED) is 0.0911. The van der Waals surface area contributed by atoms with Gasteiger partial charge < -0.3 is 42.1 Å². The van der Waals surface area contributed by atoms with Gasteiger partial charge >= 0.3 is 5.97 Å². The number of carbonyl (C=O) groups excluding carboxylic acids is 6. The molecule has 15 nitrogen and oxygen atoms in total. The fraction of sp³-hybridized carbons (Fsp3) is 0.255. The maximum absolute atomic E-state index is 14.6. The van der Waals surface area contributed by atoms with Crippen molar-refractivity contribution in [2.24, 2.45) is 0 Å². The van der Waals surface area contributed by atoms with Crippen molar-refractivity contribution in [2.45, 2.75) is 68.7 Å². The molecule has 0 radical (unpaired) electrons. The molecule has 0 aliphatic carbocycles. The number of anilines is 1. The predicted octanol–water partition coefficient (Wildman–Crippen LogP) is 2.92. The van der Waals surface area contributed by atoms with E-state index in [2.05, 4.69) is 31.9 Å². The number of nitrogens with one attached hydrogen (secondary N) is 6. The Kier molecular flexibility index (Phi) is 15.9. The lowest BCUT2D eigenvalue weighted by molar-refractivity contribution is -0.143. The van der Waals surface area contributed by atoms with Crippen molar-refractivity contribution >= 4 is 58.4 Å². The molecule has 2 bridgehead atoms. The van der Waals surface area contributed by atoms with E-state index in [1.807, 2.05) is 72.1 Å². The molecule has 0 spiro atoms. The van der Waals surface area contributed by atoms with E-state index in [9.17, 15) is 43.8 Å². The van der Waals surface area contributed by atoms with E-state index in [0.717, 1.165) is 16.0 Å². The number of carboxylic acids is 1. The third-order valence-electron chi connectivity index (χ3n) is 10.4. The van der Waals surface area contributed by atoms with Crippen LogP contribution in [-0.4, -0.2) is 88.4 Å². The zero-order chi connectivity index (χ0) is 44.7. The van der Waals surface area contributed by atoms with Crippen molar-refractivity contribution in [1.29, 1.82) is 0 Å². The number of aliphatic hydroxyl groups excluding tert-OH is 1. The highest BCUT2D eigenvalue weighted by Gasteiger charge is 2.33. The molecule has 16 heteroatoms. The summed E-state index contributed by atoms with van der Waals surface area (Å²) in [6, 6.07) is 29.1. The van der Waals surface area contributed by atoms with Crippen LogP contribution < -0.4 is 31.9 Å². The second-order valence-corrected chi connectivity index (χ2v) is 16.1. The van der Waals surface area contributed by atoms with E-state index in [4.69, 9.17) is 0 Å². The number of aliphatic carboxylic acids is 1. The van der Waals surface area contributed by atoms with Crippen molar-refractivity contribution in [3.8, 4) is 11.1 Å². The number of aliphatic hydroxyl groups is 1. The average molecular weight is 873 g/mol. The third-order valence-corrected chi connectivity index (χ3v) is 11.3. The summed E-state index contributed by atoms with van der Waals surface area (Å²) in [5, 5.41) is 37.1. The molecule has 0 fully saturated rings. The van der Waals surface area contributed by atoms with Gasteiger partial charge in [0.15, 0.2) is 0 Å². The normalized spacial score (nSPS) is 19.5. The summed E-state index contributed by atoms with van der Waals surface area (Å²) in [5.41, 5.74) is 4.13. The molecule has 8 N–H and O–H groups in total. The highest BCUT2D eigenvalue weighted by atomic mass is 32.1. The summed E-state index contributed by atoms with van der Waals surface area (Å²) < 4.78 is 0. The number of carboxylic acid groups (broad SMARTS) is 1. The minimum Gasteiger partial charge on any atom is -0.480 e. The number of carbonyl (C=O) groups is 7. The first-order valence-electron chi connectivity index (χ1n) is 20.4. The van der Waals surface area contributed by atoms with Gasteiger partial charge in [-0.3, -0.25) is 28.8 Å². The van der Waals surface area contributed by atoms with E-state index in [-0.39, 0.29) is 38.5 Å². The standard InChI is InChI=1S/C47H48N6O9S/c54-28-40(47(61)62)53-45(59)38-26-31-15-19-34(20-16-31)48-41(55)21-22-42(56)49-39(27-35-12-7-23-63-35)46(60)52-37(25-30-13-17-33(18-14-30)32-10-5-2-6-11-32)44(58)50-36(43(57)51-38)24-29-8-3-1-4-9-29/h1-20,23,36-40,54H,21-22,24-28H2,(H,48,55)(H,49,56)(H,50,58)(H,51,57)(H,52,60)(H,53,59)(H,61,62)/t36-,37+,38-,39-,40+/m1/s1. The summed E-state index contributed by atoms with van der Waals surface area (Å²) in [7, 11) is 0. The van der Waals surface area contributed by atoms with Crippen LogP contribution in [-0.2, 0) is 59.2 Å². The van der Waals surface area contributed by atoms with Crippen molar-refractivity contribution in [1.82, 2.24) is 26.6 Å². The first-order valence-corrected chi connectivity index (χ1v) is 21.3. The van der Waals surface area contributed by atoms with E-state index in [1.165, 1.54) is 11.3 Å². The van der Waals surface area contributed by atoms with E-state index >= 15 is 0 Å². The number of fused-ring (bicyclic) bond motifs is 18. The summed E-state index contributed by atoms with van der Waals surface area (Å²) >= 11 is 1.38. The highest BCUT2D eigenvalue weighted by Crippen LogP contribution is 2.21. The zero-order valence-corrected chi connectivity index (χ0v) is 34.9. The highest BCUT2D eigenvalue weighted by molar-refractivity contribution is 7.09. The average Bonchev–Trinajstić information content (AvgIpc) is 3.81. The minimum atomic E-state index is -1.67. The molecular formula is C47H48N6O9S. The van der Waals surface area contributed by atoms with E-state index in [1.54, 1.807) is 54.6 Å². The van der Waals surface area contributed by atoms with Gasteiger partial charge in [0.25, 0.3) is 0 Å². The van der Waals surface area contributed by atoms with Crippen LogP contribution in [0.25, 0.3) is 11.1 Å². The van der Waals surface area contributed by atoms with Crippen LogP contribution in [0.3, 0.4) is 0 Å². The van der Waals surface area contributed by atoms with Gasteiger partial charge in [0.1, 0.15) is 30.2 Å². The van der Waals surface area contributed by atoms with E-state index < -0.39 is 78.2 Å². The van der Waals surface area contributed by atoms with Crippen molar-refractivity contribution in [2.75, 3.05) is 11.9 Å². The van der Waals surface area contributed by atoms with Crippen molar-refractivity contribution in [3.63, 3.8) is 0 Å². The van der Waals surface area contributed by atoms with Crippen molar-refractivity contribution < 1.29 is 43.8 Å². The minimum absolute atomic E-state index is 0.0231. The largest absolute Gasteiger partial charge is 0.480 e. The number of rotatable bonds is 11. The maximum atomic E-state index is 14.6. The second-order valence-electron chi connectivity index (χ2n) is 15.1.